The first kappa shape index (κ1) is 14.2. The molecule has 1 aromatic carbocycles. The molecule has 0 bridgehead atoms. The number of amides is 1. The highest BCUT2D eigenvalue weighted by Crippen LogP contribution is 2.27. The number of halogens is 1. The van der Waals surface area contributed by atoms with Crippen molar-refractivity contribution in [2.75, 3.05) is 7.05 Å². The number of aromatic hydroxyl groups is 1. The van der Waals surface area contributed by atoms with Crippen LogP contribution in [0.1, 0.15) is 31.2 Å². The second kappa shape index (κ2) is 6.29. The van der Waals surface area contributed by atoms with Gasteiger partial charge >= 0.3 is 0 Å². The van der Waals surface area contributed by atoms with Crippen molar-refractivity contribution in [2.45, 2.75) is 43.5 Å². The van der Waals surface area contributed by atoms with Crippen LogP contribution in [0.25, 0.3) is 0 Å². The molecule has 1 fully saturated rings. The smallest absolute Gasteiger partial charge is 0.227 e. The maximum Gasteiger partial charge on any atom is 0.227 e. The van der Waals surface area contributed by atoms with Crippen LogP contribution in [0, 0.1) is 0 Å². The lowest BCUT2D eigenvalue weighted by molar-refractivity contribution is -0.131. The summed E-state index contributed by atoms with van der Waals surface area (Å²) >= 11 is 6.32. The van der Waals surface area contributed by atoms with Gasteiger partial charge in [0.2, 0.25) is 5.91 Å². The van der Waals surface area contributed by atoms with Gasteiger partial charge in [0.15, 0.2) is 0 Å². The molecule has 1 amide bonds. The molecule has 19 heavy (non-hydrogen) atoms. The van der Waals surface area contributed by atoms with Crippen LogP contribution >= 0.6 is 11.6 Å². The zero-order chi connectivity index (χ0) is 13.8. The van der Waals surface area contributed by atoms with E-state index in [2.05, 4.69) is 0 Å². The summed E-state index contributed by atoms with van der Waals surface area (Å²) in [5.41, 5.74) is 0.832. The number of phenols is 1. The predicted octanol–water partition coefficient (Wildman–Crippen LogP) is 2.94. The highest BCUT2D eigenvalue weighted by molar-refractivity contribution is 6.21. The molecule has 104 valence electrons. The Morgan fingerprint density at radius 2 is 2.16 bits per heavy atom. The largest absolute Gasteiger partial charge is 0.508 e. The summed E-state index contributed by atoms with van der Waals surface area (Å²) in [7, 11) is 1.83. The molecule has 0 heterocycles. The number of hydrogen-bond donors (Lipinski definition) is 1. The van der Waals surface area contributed by atoms with Gasteiger partial charge in [-0.05, 0) is 30.5 Å². The molecule has 0 aliphatic heterocycles. The van der Waals surface area contributed by atoms with E-state index < -0.39 is 0 Å². The van der Waals surface area contributed by atoms with Crippen LogP contribution in [0.3, 0.4) is 0 Å². The number of carbonyl (C=O) groups is 1. The molecule has 0 spiro atoms. The lowest BCUT2D eigenvalue weighted by atomic mass is 9.93. The molecule has 0 saturated heterocycles. The number of alkyl halides is 1. The number of nitrogens with zero attached hydrogens (tertiary/aromatic N) is 1. The van der Waals surface area contributed by atoms with Gasteiger partial charge in [0.1, 0.15) is 5.75 Å². The molecule has 1 saturated carbocycles. The van der Waals surface area contributed by atoms with E-state index in [-0.39, 0.29) is 23.1 Å². The Kier molecular flexibility index (Phi) is 4.70. The van der Waals surface area contributed by atoms with Crippen molar-refractivity contribution in [3.05, 3.63) is 29.8 Å². The van der Waals surface area contributed by atoms with Crippen LogP contribution in [0.4, 0.5) is 0 Å². The third-order valence-corrected chi connectivity index (χ3v) is 4.31. The van der Waals surface area contributed by atoms with E-state index in [1.54, 1.807) is 23.1 Å². The minimum Gasteiger partial charge on any atom is -0.508 e. The topological polar surface area (TPSA) is 40.5 Å². The number of likely N-dealkylation sites (N-methyl/N-ethyl adjacent to an activating group) is 1. The standard InChI is InChI=1S/C15H20ClNO2/c1-17(14-8-3-2-7-13(14)16)15(19)10-11-5-4-6-12(18)9-11/h4-6,9,13-14,18H,2-3,7-8,10H2,1H3. The monoisotopic (exact) mass is 281 g/mol. The van der Waals surface area contributed by atoms with Gasteiger partial charge < -0.3 is 10.0 Å². The number of benzene rings is 1. The van der Waals surface area contributed by atoms with E-state index in [0.717, 1.165) is 31.2 Å². The number of carbonyl (C=O) groups excluding carboxylic acids is 1. The Morgan fingerprint density at radius 3 is 2.84 bits per heavy atom. The summed E-state index contributed by atoms with van der Waals surface area (Å²) in [4.78, 5) is 14.0. The normalized spacial score (nSPS) is 23.1. The number of rotatable bonds is 3. The summed E-state index contributed by atoms with van der Waals surface area (Å²) < 4.78 is 0. The van der Waals surface area contributed by atoms with Gasteiger partial charge in [-0.15, -0.1) is 11.6 Å². The lowest BCUT2D eigenvalue weighted by Gasteiger charge is -2.35. The minimum absolute atomic E-state index is 0.0585. The first-order valence-corrected chi connectivity index (χ1v) is 7.19. The fourth-order valence-corrected chi connectivity index (χ4v) is 3.10. The summed E-state index contributed by atoms with van der Waals surface area (Å²) in [6, 6.07) is 6.98. The summed E-state index contributed by atoms with van der Waals surface area (Å²) in [5.74, 6) is 0.254. The molecule has 1 aromatic rings. The van der Waals surface area contributed by atoms with Gasteiger partial charge in [0.05, 0.1) is 11.8 Å². The van der Waals surface area contributed by atoms with Crippen LogP contribution in [0.5, 0.6) is 5.75 Å². The van der Waals surface area contributed by atoms with E-state index in [1.807, 2.05) is 13.1 Å². The Labute approximate surface area is 119 Å². The second-order valence-electron chi connectivity index (χ2n) is 5.22. The first-order valence-electron chi connectivity index (χ1n) is 6.75. The van der Waals surface area contributed by atoms with Crippen molar-refractivity contribution >= 4 is 17.5 Å². The summed E-state index contributed by atoms with van der Waals surface area (Å²) in [6.07, 6.45) is 4.56. The molecule has 1 N–H and O–H groups in total. The molecule has 1 aliphatic carbocycles. The molecule has 2 atom stereocenters. The van der Waals surface area contributed by atoms with Crippen LogP contribution < -0.4 is 0 Å². The quantitative estimate of drug-likeness (QED) is 0.866. The SMILES string of the molecule is CN(C(=O)Cc1cccc(O)c1)C1CCCCC1Cl. The van der Waals surface area contributed by atoms with E-state index >= 15 is 0 Å². The summed E-state index contributed by atoms with van der Waals surface area (Å²) in [6.45, 7) is 0. The third-order valence-electron chi connectivity index (χ3n) is 3.80. The Hall–Kier alpha value is -1.22. The van der Waals surface area contributed by atoms with Crippen LogP contribution in [0.2, 0.25) is 0 Å². The molecule has 0 radical (unpaired) electrons. The Morgan fingerprint density at radius 1 is 1.42 bits per heavy atom. The molecule has 3 nitrogen and oxygen atoms in total. The van der Waals surface area contributed by atoms with Crippen LogP contribution in [0.15, 0.2) is 24.3 Å². The molecular weight excluding hydrogens is 262 g/mol. The lowest BCUT2D eigenvalue weighted by Crippen LogP contribution is -2.44. The Balaban J connectivity index is 1.99. The fourth-order valence-electron chi connectivity index (χ4n) is 2.65. The number of phenolic OH excluding ortho intramolecular Hbond substituents is 1. The molecule has 2 rings (SSSR count). The second-order valence-corrected chi connectivity index (χ2v) is 5.78. The van der Waals surface area contributed by atoms with Crippen molar-refractivity contribution in [2.24, 2.45) is 0 Å². The zero-order valence-electron chi connectivity index (χ0n) is 11.2. The summed E-state index contributed by atoms with van der Waals surface area (Å²) in [5, 5.41) is 9.47. The van der Waals surface area contributed by atoms with Crippen molar-refractivity contribution in [1.29, 1.82) is 0 Å². The van der Waals surface area contributed by atoms with Crippen molar-refractivity contribution in [3.63, 3.8) is 0 Å². The van der Waals surface area contributed by atoms with Crippen LogP contribution in [-0.2, 0) is 11.2 Å². The van der Waals surface area contributed by atoms with Crippen molar-refractivity contribution < 1.29 is 9.90 Å². The predicted molar refractivity (Wildman–Crippen MR) is 76.5 cm³/mol. The van der Waals surface area contributed by atoms with Crippen molar-refractivity contribution in [1.82, 2.24) is 4.90 Å². The van der Waals surface area contributed by atoms with E-state index in [1.165, 1.54) is 0 Å². The molecular formula is C15H20ClNO2. The average Bonchev–Trinajstić information content (AvgIpc) is 2.38. The Bertz CT molecular complexity index is 450. The molecule has 4 heteroatoms. The average molecular weight is 282 g/mol. The fraction of sp³-hybridized carbons (Fsp3) is 0.533. The zero-order valence-corrected chi connectivity index (χ0v) is 11.9. The molecule has 0 aromatic heterocycles. The van der Waals surface area contributed by atoms with Gasteiger partial charge in [0, 0.05) is 13.1 Å². The van der Waals surface area contributed by atoms with Crippen molar-refractivity contribution in [3.8, 4) is 5.75 Å². The minimum atomic E-state index is 0.0585. The molecule has 1 aliphatic rings. The van der Waals surface area contributed by atoms with Crippen LogP contribution in [-0.4, -0.2) is 34.4 Å². The number of hydrogen-bond acceptors (Lipinski definition) is 2. The third kappa shape index (κ3) is 3.63. The van der Waals surface area contributed by atoms with Gasteiger partial charge in [-0.2, -0.15) is 0 Å². The highest BCUT2D eigenvalue weighted by atomic mass is 35.5. The van der Waals surface area contributed by atoms with Gasteiger partial charge in [-0.25, -0.2) is 0 Å². The van der Waals surface area contributed by atoms with E-state index in [9.17, 15) is 9.90 Å². The van der Waals surface area contributed by atoms with Gasteiger partial charge in [-0.1, -0.05) is 25.0 Å². The van der Waals surface area contributed by atoms with Gasteiger partial charge in [0.25, 0.3) is 0 Å². The first-order chi connectivity index (χ1) is 9.08. The van der Waals surface area contributed by atoms with E-state index in [0.29, 0.717) is 6.42 Å². The molecule has 2 unspecified atom stereocenters. The maximum absolute atomic E-state index is 12.3. The maximum atomic E-state index is 12.3. The van der Waals surface area contributed by atoms with Gasteiger partial charge in [-0.3, -0.25) is 4.79 Å². The highest BCUT2D eigenvalue weighted by Gasteiger charge is 2.29. The van der Waals surface area contributed by atoms with E-state index in [4.69, 9.17) is 11.6 Å².